The molecule has 6 nitrogen and oxygen atoms in total. The van der Waals surface area contributed by atoms with E-state index in [4.69, 9.17) is 0 Å². The van der Waals surface area contributed by atoms with Crippen molar-refractivity contribution in [2.75, 3.05) is 16.4 Å². The average molecular weight is 430 g/mol. The summed E-state index contributed by atoms with van der Waals surface area (Å²) in [6.07, 6.45) is 0. The van der Waals surface area contributed by atoms with E-state index in [1.54, 1.807) is 0 Å². The van der Waals surface area contributed by atoms with Crippen LogP contribution in [0, 0.1) is 6.92 Å². The minimum atomic E-state index is -0.0779. The normalized spacial score (nSPS) is 10.6. The van der Waals surface area contributed by atoms with E-state index in [-0.39, 0.29) is 11.7 Å². The molecule has 0 saturated carbocycles. The summed E-state index contributed by atoms with van der Waals surface area (Å²) < 4.78 is 1.99. The molecule has 0 aliphatic rings. The second kappa shape index (κ2) is 9.95. The van der Waals surface area contributed by atoms with Gasteiger partial charge in [0.05, 0.1) is 12.3 Å². The van der Waals surface area contributed by atoms with Gasteiger partial charge in [-0.1, -0.05) is 66.4 Å². The minimum absolute atomic E-state index is 0.0779. The lowest BCUT2D eigenvalue weighted by Crippen LogP contribution is -2.15. The van der Waals surface area contributed by atoms with E-state index in [2.05, 4.69) is 20.8 Å². The number of aromatic nitrogens is 3. The number of nitrogens with zero attached hydrogens (tertiary/aromatic N) is 3. The highest BCUT2D eigenvalue weighted by molar-refractivity contribution is 7.99. The SMILES string of the molecule is Cc1ccccc1NC(=O)CSc1nnc(CNc2ccccc2)n1-c1ccccc1. The summed E-state index contributed by atoms with van der Waals surface area (Å²) in [6, 6.07) is 27.6. The fourth-order valence-electron chi connectivity index (χ4n) is 3.11. The number of hydrogen-bond donors (Lipinski definition) is 2. The number of amides is 1. The Hall–Kier alpha value is -3.58. The molecule has 2 N–H and O–H groups in total. The number of hydrogen-bond acceptors (Lipinski definition) is 5. The monoisotopic (exact) mass is 429 g/mol. The number of carbonyl (C=O) groups excluding carboxylic acids is 1. The maximum atomic E-state index is 12.5. The summed E-state index contributed by atoms with van der Waals surface area (Å²) in [5.41, 5.74) is 3.82. The number of para-hydroxylation sites is 3. The Morgan fingerprint density at radius 2 is 1.58 bits per heavy atom. The molecule has 0 bridgehead atoms. The van der Waals surface area contributed by atoms with Crippen LogP contribution in [0.4, 0.5) is 11.4 Å². The van der Waals surface area contributed by atoms with E-state index in [9.17, 15) is 4.79 Å². The molecule has 156 valence electrons. The van der Waals surface area contributed by atoms with Gasteiger partial charge >= 0.3 is 0 Å². The standard InChI is InChI=1S/C24H23N5OS/c1-18-10-8-9-15-21(18)26-23(30)17-31-24-28-27-22(16-25-19-11-4-2-5-12-19)29(24)20-13-6-3-7-14-20/h2-15,25H,16-17H2,1H3,(H,26,30). The molecular weight excluding hydrogens is 406 g/mol. The lowest BCUT2D eigenvalue weighted by atomic mass is 10.2. The number of thioether (sulfide) groups is 1. The molecule has 0 aliphatic heterocycles. The van der Waals surface area contributed by atoms with Crippen molar-refractivity contribution in [3.05, 3.63) is 96.3 Å². The van der Waals surface area contributed by atoms with Crippen molar-refractivity contribution >= 4 is 29.0 Å². The predicted molar refractivity (Wildman–Crippen MR) is 126 cm³/mol. The first-order valence-corrected chi connectivity index (χ1v) is 11.0. The first-order chi connectivity index (χ1) is 15.2. The second-order valence-corrected chi connectivity index (χ2v) is 7.88. The summed E-state index contributed by atoms with van der Waals surface area (Å²) in [6.45, 7) is 2.49. The largest absolute Gasteiger partial charge is 0.378 e. The molecule has 4 aromatic rings. The summed E-state index contributed by atoms with van der Waals surface area (Å²) in [7, 11) is 0. The zero-order chi connectivity index (χ0) is 21.5. The molecule has 3 aromatic carbocycles. The van der Waals surface area contributed by atoms with Gasteiger partial charge in [-0.05, 0) is 42.8 Å². The summed E-state index contributed by atoms with van der Waals surface area (Å²) in [4.78, 5) is 12.5. The van der Waals surface area contributed by atoms with Crippen molar-refractivity contribution in [2.24, 2.45) is 0 Å². The third-order valence-corrected chi connectivity index (χ3v) is 5.62. The Morgan fingerprint density at radius 3 is 2.32 bits per heavy atom. The van der Waals surface area contributed by atoms with Gasteiger partial charge in [0.25, 0.3) is 0 Å². The molecule has 0 unspecified atom stereocenters. The molecule has 1 amide bonds. The van der Waals surface area contributed by atoms with Gasteiger partial charge in [0.15, 0.2) is 11.0 Å². The molecule has 0 saturated heterocycles. The van der Waals surface area contributed by atoms with E-state index < -0.39 is 0 Å². The summed E-state index contributed by atoms with van der Waals surface area (Å²) in [5.74, 6) is 0.938. The topological polar surface area (TPSA) is 71.8 Å². The molecule has 1 aromatic heterocycles. The van der Waals surface area contributed by atoms with Gasteiger partial charge in [0.1, 0.15) is 0 Å². The number of rotatable bonds is 8. The van der Waals surface area contributed by atoms with Crippen LogP contribution >= 0.6 is 11.8 Å². The van der Waals surface area contributed by atoms with Crippen molar-refractivity contribution < 1.29 is 4.79 Å². The number of benzene rings is 3. The second-order valence-electron chi connectivity index (χ2n) is 6.94. The van der Waals surface area contributed by atoms with Crippen LogP contribution in [-0.2, 0) is 11.3 Å². The van der Waals surface area contributed by atoms with Crippen LogP contribution in [0.3, 0.4) is 0 Å². The van der Waals surface area contributed by atoms with E-state index >= 15 is 0 Å². The Labute approximate surface area is 185 Å². The molecule has 0 atom stereocenters. The van der Waals surface area contributed by atoms with Crippen molar-refractivity contribution in [3.8, 4) is 5.69 Å². The lowest BCUT2D eigenvalue weighted by Gasteiger charge is -2.12. The fourth-order valence-corrected chi connectivity index (χ4v) is 3.88. The molecular formula is C24H23N5OS. The zero-order valence-electron chi connectivity index (χ0n) is 17.2. The first-order valence-electron chi connectivity index (χ1n) is 9.97. The number of anilines is 2. The van der Waals surface area contributed by atoms with Crippen LogP contribution < -0.4 is 10.6 Å². The average Bonchev–Trinajstić information content (AvgIpc) is 3.22. The highest BCUT2D eigenvalue weighted by atomic mass is 32.2. The van der Waals surface area contributed by atoms with Gasteiger partial charge < -0.3 is 10.6 Å². The summed E-state index contributed by atoms with van der Waals surface area (Å²) in [5, 5.41) is 15.8. The van der Waals surface area contributed by atoms with E-state index in [0.717, 1.165) is 28.5 Å². The Bertz CT molecular complexity index is 1150. The van der Waals surface area contributed by atoms with Gasteiger partial charge in [-0.3, -0.25) is 9.36 Å². The molecule has 0 radical (unpaired) electrons. The van der Waals surface area contributed by atoms with Crippen molar-refractivity contribution in [1.82, 2.24) is 14.8 Å². The number of nitrogens with one attached hydrogen (secondary N) is 2. The summed E-state index contributed by atoms with van der Waals surface area (Å²) >= 11 is 1.37. The van der Waals surface area contributed by atoms with Gasteiger partial charge in [-0.2, -0.15) is 0 Å². The van der Waals surface area contributed by atoms with Crippen molar-refractivity contribution in [2.45, 2.75) is 18.6 Å². The predicted octanol–water partition coefficient (Wildman–Crippen LogP) is 4.92. The van der Waals surface area contributed by atoms with Gasteiger partial charge in [0, 0.05) is 17.1 Å². The molecule has 31 heavy (non-hydrogen) atoms. The maximum absolute atomic E-state index is 12.5. The Kier molecular flexibility index (Phi) is 6.64. The molecule has 7 heteroatoms. The highest BCUT2D eigenvalue weighted by Gasteiger charge is 2.16. The first kappa shape index (κ1) is 20.7. The Morgan fingerprint density at radius 1 is 0.903 bits per heavy atom. The third-order valence-electron chi connectivity index (χ3n) is 4.69. The maximum Gasteiger partial charge on any atom is 0.234 e. The van der Waals surface area contributed by atoms with Crippen LogP contribution in [0.25, 0.3) is 5.69 Å². The van der Waals surface area contributed by atoms with Crippen LogP contribution in [0.1, 0.15) is 11.4 Å². The zero-order valence-corrected chi connectivity index (χ0v) is 18.0. The molecule has 0 fully saturated rings. The molecule has 0 spiro atoms. The van der Waals surface area contributed by atoms with E-state index in [1.807, 2.05) is 96.4 Å². The minimum Gasteiger partial charge on any atom is -0.378 e. The smallest absolute Gasteiger partial charge is 0.234 e. The fraction of sp³-hybridized carbons (Fsp3) is 0.125. The lowest BCUT2D eigenvalue weighted by molar-refractivity contribution is -0.113. The number of carbonyl (C=O) groups is 1. The van der Waals surface area contributed by atoms with Crippen LogP contribution in [0.5, 0.6) is 0 Å². The number of aryl methyl sites for hydroxylation is 1. The van der Waals surface area contributed by atoms with Crippen LogP contribution in [-0.4, -0.2) is 26.4 Å². The van der Waals surface area contributed by atoms with Gasteiger partial charge in [0.2, 0.25) is 5.91 Å². The molecule has 0 aliphatic carbocycles. The Balaban J connectivity index is 1.49. The quantitative estimate of drug-likeness (QED) is 0.389. The van der Waals surface area contributed by atoms with E-state index in [0.29, 0.717) is 11.7 Å². The highest BCUT2D eigenvalue weighted by Crippen LogP contribution is 2.23. The van der Waals surface area contributed by atoms with Crippen molar-refractivity contribution in [3.63, 3.8) is 0 Å². The van der Waals surface area contributed by atoms with Crippen LogP contribution in [0.15, 0.2) is 90.1 Å². The van der Waals surface area contributed by atoms with Crippen LogP contribution in [0.2, 0.25) is 0 Å². The molecule has 1 heterocycles. The van der Waals surface area contributed by atoms with Crippen molar-refractivity contribution in [1.29, 1.82) is 0 Å². The van der Waals surface area contributed by atoms with Gasteiger partial charge in [-0.25, -0.2) is 0 Å². The molecule has 4 rings (SSSR count). The third kappa shape index (κ3) is 5.32. The van der Waals surface area contributed by atoms with Gasteiger partial charge in [-0.15, -0.1) is 10.2 Å². The van der Waals surface area contributed by atoms with E-state index in [1.165, 1.54) is 11.8 Å².